The van der Waals surface area contributed by atoms with E-state index in [4.69, 9.17) is 5.11 Å². The molecule has 0 bridgehead atoms. The highest BCUT2D eigenvalue weighted by Crippen LogP contribution is 2.58. The lowest BCUT2D eigenvalue weighted by atomic mass is 10.2. The predicted octanol–water partition coefficient (Wildman–Crippen LogP) is 2.53. The van der Waals surface area contributed by atoms with Crippen LogP contribution >= 0.6 is 11.3 Å². The minimum atomic E-state index is -0.807. The molecule has 4 rings (SSSR count). The number of benzene rings is 1. The second-order valence-corrected chi connectivity index (χ2v) is 6.36. The van der Waals surface area contributed by atoms with Crippen molar-refractivity contribution in [3.63, 3.8) is 0 Å². The van der Waals surface area contributed by atoms with E-state index >= 15 is 0 Å². The number of carboxylic acid groups (broad SMARTS) is 1. The lowest BCUT2D eigenvalue weighted by molar-refractivity contribution is 0.150. The van der Waals surface area contributed by atoms with Gasteiger partial charge in [-0.05, 0) is 11.8 Å². The molecule has 1 N–H and O–H groups in total. The topological polar surface area (TPSA) is 66.3 Å². The van der Waals surface area contributed by atoms with Gasteiger partial charge >= 0.3 is 6.09 Å². The fourth-order valence-corrected chi connectivity index (χ4v) is 4.22. The van der Waals surface area contributed by atoms with Crippen molar-refractivity contribution < 1.29 is 9.90 Å². The zero-order valence-corrected chi connectivity index (χ0v) is 11.5. The fourth-order valence-electron chi connectivity index (χ4n) is 3.12. The molecule has 1 saturated heterocycles. The van der Waals surface area contributed by atoms with E-state index in [0.29, 0.717) is 30.8 Å². The monoisotopic (exact) mass is 287 g/mol. The Kier molecular flexibility index (Phi) is 2.53. The number of nitrogens with zero attached hydrogens (tertiary/aromatic N) is 3. The number of amides is 1. The summed E-state index contributed by atoms with van der Waals surface area (Å²) >= 11 is 1.63. The first kappa shape index (κ1) is 11.8. The van der Waals surface area contributed by atoms with Gasteiger partial charge in [0.2, 0.25) is 0 Å². The summed E-state index contributed by atoms with van der Waals surface area (Å²) in [4.78, 5) is 12.4. The molecule has 0 spiro atoms. The average Bonchev–Trinajstić information content (AvgIpc) is 2.89. The van der Waals surface area contributed by atoms with Crippen molar-refractivity contribution in [1.82, 2.24) is 15.1 Å². The molecule has 1 aliphatic carbocycles. The smallest absolute Gasteiger partial charge is 0.407 e. The summed E-state index contributed by atoms with van der Waals surface area (Å²) in [6.45, 7) is 1.29. The fraction of sp³-hybridized carbons (Fsp3) is 0.357. The van der Waals surface area contributed by atoms with Gasteiger partial charge in [0.15, 0.2) is 0 Å². The summed E-state index contributed by atoms with van der Waals surface area (Å²) in [6, 6.07) is 10.0. The van der Waals surface area contributed by atoms with Crippen LogP contribution in [0.15, 0.2) is 30.3 Å². The molecular weight excluding hydrogens is 274 g/mol. The van der Waals surface area contributed by atoms with Crippen LogP contribution in [0.1, 0.15) is 10.9 Å². The van der Waals surface area contributed by atoms with E-state index in [1.807, 2.05) is 30.3 Å². The Morgan fingerprint density at radius 2 is 1.90 bits per heavy atom. The van der Waals surface area contributed by atoms with Crippen molar-refractivity contribution in [2.24, 2.45) is 11.8 Å². The summed E-state index contributed by atoms with van der Waals surface area (Å²) < 4.78 is 0. The van der Waals surface area contributed by atoms with Gasteiger partial charge in [-0.15, -0.1) is 10.2 Å². The van der Waals surface area contributed by atoms with Crippen molar-refractivity contribution in [2.75, 3.05) is 13.1 Å². The Hall–Kier alpha value is -1.95. The maximum atomic E-state index is 10.9. The molecule has 5 nitrogen and oxygen atoms in total. The number of piperidine rings is 1. The molecule has 102 valence electrons. The first-order valence-corrected chi connectivity index (χ1v) is 7.42. The summed E-state index contributed by atoms with van der Waals surface area (Å²) in [5.74, 6) is 1.31. The van der Waals surface area contributed by atoms with E-state index in [-0.39, 0.29) is 0 Å². The van der Waals surface area contributed by atoms with Crippen molar-refractivity contribution in [1.29, 1.82) is 0 Å². The molecule has 20 heavy (non-hydrogen) atoms. The largest absolute Gasteiger partial charge is 0.465 e. The maximum Gasteiger partial charge on any atom is 0.407 e. The highest BCUT2D eigenvalue weighted by atomic mass is 32.1. The van der Waals surface area contributed by atoms with Gasteiger partial charge in [0.1, 0.15) is 10.0 Å². The SMILES string of the molecule is O=C(O)N1C[C@@H]2[C@H](C1)[C@@H]2c1nnc(-c2ccccc2)s1. The quantitative estimate of drug-likeness (QED) is 0.921. The first-order valence-electron chi connectivity index (χ1n) is 6.61. The maximum absolute atomic E-state index is 10.9. The minimum absolute atomic E-state index is 0.417. The molecule has 2 aliphatic rings. The van der Waals surface area contributed by atoms with Gasteiger partial charge < -0.3 is 10.0 Å². The molecule has 1 amide bonds. The van der Waals surface area contributed by atoms with E-state index < -0.39 is 6.09 Å². The number of hydrogen-bond donors (Lipinski definition) is 1. The van der Waals surface area contributed by atoms with E-state index in [2.05, 4.69) is 10.2 Å². The third-order valence-electron chi connectivity index (χ3n) is 4.21. The molecule has 1 saturated carbocycles. The second kappa shape index (κ2) is 4.28. The molecule has 2 aromatic rings. The van der Waals surface area contributed by atoms with E-state index in [1.54, 1.807) is 11.3 Å². The van der Waals surface area contributed by atoms with Gasteiger partial charge in [-0.1, -0.05) is 41.7 Å². The molecule has 0 radical (unpaired) electrons. The number of carbonyl (C=O) groups is 1. The predicted molar refractivity (Wildman–Crippen MR) is 74.7 cm³/mol. The van der Waals surface area contributed by atoms with Crippen molar-refractivity contribution in [3.05, 3.63) is 35.3 Å². The highest BCUT2D eigenvalue weighted by molar-refractivity contribution is 7.14. The zero-order chi connectivity index (χ0) is 13.7. The molecule has 0 unspecified atom stereocenters. The Bertz CT molecular complexity index is 645. The van der Waals surface area contributed by atoms with E-state index in [9.17, 15) is 4.79 Å². The Morgan fingerprint density at radius 3 is 2.55 bits per heavy atom. The van der Waals surface area contributed by atoms with Crippen LogP contribution in [-0.4, -0.2) is 39.4 Å². The van der Waals surface area contributed by atoms with Crippen LogP contribution in [0, 0.1) is 11.8 Å². The van der Waals surface area contributed by atoms with Crippen LogP contribution < -0.4 is 0 Å². The normalized spacial score (nSPS) is 27.4. The van der Waals surface area contributed by atoms with E-state index in [1.165, 1.54) is 4.90 Å². The minimum Gasteiger partial charge on any atom is -0.465 e. The van der Waals surface area contributed by atoms with Gasteiger partial charge in [0, 0.05) is 24.6 Å². The number of hydrogen-bond acceptors (Lipinski definition) is 4. The van der Waals surface area contributed by atoms with Crippen LogP contribution in [0.5, 0.6) is 0 Å². The summed E-state index contributed by atoms with van der Waals surface area (Å²) in [5, 5.41) is 19.5. The lowest BCUT2D eigenvalue weighted by Gasteiger charge is -2.14. The van der Waals surface area contributed by atoms with Gasteiger partial charge in [0.25, 0.3) is 0 Å². The first-order chi connectivity index (χ1) is 9.74. The molecule has 2 heterocycles. The van der Waals surface area contributed by atoms with Crippen molar-refractivity contribution >= 4 is 17.4 Å². The van der Waals surface area contributed by atoms with Crippen LogP contribution in [0.2, 0.25) is 0 Å². The van der Waals surface area contributed by atoms with Crippen molar-refractivity contribution in [3.8, 4) is 10.6 Å². The molecule has 2 fully saturated rings. The Morgan fingerprint density at radius 1 is 1.20 bits per heavy atom. The Labute approximate surface area is 119 Å². The molecule has 1 aliphatic heterocycles. The molecule has 1 aromatic carbocycles. The van der Waals surface area contributed by atoms with Gasteiger partial charge in [-0.2, -0.15) is 0 Å². The van der Waals surface area contributed by atoms with Crippen LogP contribution in [0.25, 0.3) is 10.6 Å². The number of fused-ring (bicyclic) bond motifs is 1. The second-order valence-electron chi connectivity index (χ2n) is 5.35. The molecule has 6 heteroatoms. The van der Waals surface area contributed by atoms with Crippen LogP contribution in [-0.2, 0) is 0 Å². The third kappa shape index (κ3) is 1.79. The molecule has 3 atom stereocenters. The zero-order valence-electron chi connectivity index (χ0n) is 10.6. The summed E-state index contributed by atoms with van der Waals surface area (Å²) in [7, 11) is 0. The van der Waals surface area contributed by atoms with Gasteiger partial charge in [-0.25, -0.2) is 4.79 Å². The summed E-state index contributed by atoms with van der Waals surface area (Å²) in [5.41, 5.74) is 1.09. The highest BCUT2D eigenvalue weighted by Gasteiger charge is 2.58. The summed E-state index contributed by atoms with van der Waals surface area (Å²) in [6.07, 6.45) is -0.807. The molecular formula is C14H13N3O2S. The number of aromatic nitrogens is 2. The van der Waals surface area contributed by atoms with Crippen LogP contribution in [0.4, 0.5) is 4.79 Å². The molecule has 1 aromatic heterocycles. The Balaban J connectivity index is 1.51. The average molecular weight is 287 g/mol. The van der Waals surface area contributed by atoms with Crippen LogP contribution in [0.3, 0.4) is 0 Å². The van der Waals surface area contributed by atoms with Gasteiger partial charge in [0.05, 0.1) is 0 Å². The van der Waals surface area contributed by atoms with E-state index in [0.717, 1.165) is 15.6 Å². The number of likely N-dealkylation sites (tertiary alicyclic amines) is 1. The third-order valence-corrected chi connectivity index (χ3v) is 5.28. The lowest BCUT2D eigenvalue weighted by Crippen LogP contribution is -2.29. The number of rotatable bonds is 2. The standard InChI is InChI=1S/C14H13N3O2S/c18-14(19)17-6-9-10(7-17)11(9)13-16-15-12(20-13)8-4-2-1-3-5-8/h1-5,9-11H,6-7H2,(H,18,19)/t9-,10+,11-. The van der Waals surface area contributed by atoms with Gasteiger partial charge in [-0.3, -0.25) is 0 Å². The van der Waals surface area contributed by atoms with Crippen molar-refractivity contribution in [2.45, 2.75) is 5.92 Å².